The molecule has 0 aromatic heterocycles. The van der Waals surface area contributed by atoms with Gasteiger partial charge in [-0.2, -0.15) is 0 Å². The lowest BCUT2D eigenvalue weighted by molar-refractivity contribution is -0.138. The number of benzene rings is 1. The Morgan fingerprint density at radius 2 is 1.83 bits per heavy atom. The first kappa shape index (κ1) is 16.4. The van der Waals surface area contributed by atoms with Crippen LogP contribution in [0.25, 0.3) is 0 Å². The summed E-state index contributed by atoms with van der Waals surface area (Å²) in [4.78, 5) is 13.0. The van der Waals surface area contributed by atoms with Crippen molar-refractivity contribution in [1.82, 2.24) is 0 Å². The fourth-order valence-corrected chi connectivity index (χ4v) is 6.50. The predicted molar refractivity (Wildman–Crippen MR) is 99.5 cm³/mol. The Bertz CT molecular complexity index is 624. The summed E-state index contributed by atoms with van der Waals surface area (Å²) >= 11 is 6.86. The van der Waals surface area contributed by atoms with Crippen molar-refractivity contribution in [2.24, 2.45) is 17.3 Å². The summed E-state index contributed by atoms with van der Waals surface area (Å²) in [6.45, 7) is 4.44. The Balaban J connectivity index is 1.50. The Hall–Kier alpha value is -1.02. The van der Waals surface area contributed by atoms with Crippen molar-refractivity contribution >= 4 is 23.2 Å². The van der Waals surface area contributed by atoms with Crippen molar-refractivity contribution in [3.05, 3.63) is 29.8 Å². The van der Waals surface area contributed by atoms with Gasteiger partial charge in [0.2, 0.25) is 5.91 Å². The molecule has 0 aliphatic heterocycles. The minimum absolute atomic E-state index is 0.109. The molecule has 0 saturated heterocycles. The lowest BCUT2D eigenvalue weighted by Gasteiger charge is -2.59. The van der Waals surface area contributed by atoms with Crippen LogP contribution in [0.15, 0.2) is 24.3 Å². The highest BCUT2D eigenvalue weighted by atomic mass is 35.5. The molecule has 1 aromatic carbocycles. The third kappa shape index (κ3) is 2.77. The summed E-state index contributed by atoms with van der Waals surface area (Å²) in [5.41, 5.74) is 2.04. The van der Waals surface area contributed by atoms with E-state index in [-0.39, 0.29) is 16.2 Å². The molecule has 0 radical (unpaired) electrons. The van der Waals surface area contributed by atoms with Crippen LogP contribution in [0.2, 0.25) is 0 Å². The zero-order valence-corrected chi connectivity index (χ0v) is 15.5. The number of alkyl halides is 1. The van der Waals surface area contributed by atoms with Crippen molar-refractivity contribution in [2.45, 2.75) is 69.6 Å². The second-order valence-corrected chi connectivity index (χ2v) is 9.58. The second kappa shape index (κ2) is 5.76. The number of hydrogen-bond donors (Lipinski definition) is 1. The van der Waals surface area contributed by atoms with E-state index >= 15 is 0 Å². The van der Waals surface area contributed by atoms with Gasteiger partial charge in [-0.25, -0.2) is 0 Å². The molecular weight excluding hydrogens is 318 g/mol. The fourth-order valence-electron chi connectivity index (χ4n) is 5.81. The van der Waals surface area contributed by atoms with E-state index in [0.717, 1.165) is 44.2 Å². The smallest absolute Gasteiger partial charge is 0.230 e. The van der Waals surface area contributed by atoms with Gasteiger partial charge < -0.3 is 5.32 Å². The molecule has 2 nitrogen and oxygen atoms in total. The maximum Gasteiger partial charge on any atom is 0.230 e. The molecule has 24 heavy (non-hydrogen) atoms. The van der Waals surface area contributed by atoms with Crippen LogP contribution in [-0.2, 0) is 4.79 Å². The van der Waals surface area contributed by atoms with Crippen LogP contribution >= 0.6 is 11.6 Å². The topological polar surface area (TPSA) is 29.1 Å². The summed E-state index contributed by atoms with van der Waals surface area (Å²) in [5.74, 6) is 2.08. The van der Waals surface area contributed by atoms with Gasteiger partial charge in [0.05, 0.1) is 5.41 Å². The van der Waals surface area contributed by atoms with Gasteiger partial charge in [0.25, 0.3) is 0 Å². The number of hydrogen-bond acceptors (Lipinski definition) is 1. The molecule has 4 bridgehead atoms. The molecule has 4 fully saturated rings. The number of amides is 1. The van der Waals surface area contributed by atoms with Gasteiger partial charge in [0.15, 0.2) is 0 Å². The summed E-state index contributed by atoms with van der Waals surface area (Å²) in [6.07, 6.45) is 7.59. The molecule has 3 heteroatoms. The molecule has 2 unspecified atom stereocenters. The molecule has 0 spiro atoms. The molecule has 0 heterocycles. The van der Waals surface area contributed by atoms with Gasteiger partial charge in [-0.3, -0.25) is 4.79 Å². The van der Waals surface area contributed by atoms with Gasteiger partial charge in [-0.1, -0.05) is 26.0 Å². The van der Waals surface area contributed by atoms with Crippen LogP contribution in [0.4, 0.5) is 5.69 Å². The van der Waals surface area contributed by atoms with Crippen molar-refractivity contribution < 1.29 is 4.79 Å². The van der Waals surface area contributed by atoms with Crippen LogP contribution in [-0.4, -0.2) is 10.8 Å². The van der Waals surface area contributed by atoms with Crippen molar-refractivity contribution in [1.29, 1.82) is 0 Å². The van der Waals surface area contributed by atoms with Gasteiger partial charge in [0, 0.05) is 10.6 Å². The number of anilines is 1. The van der Waals surface area contributed by atoms with Crippen LogP contribution in [0.1, 0.15) is 70.3 Å². The first-order valence-corrected chi connectivity index (χ1v) is 9.89. The Morgan fingerprint density at radius 1 is 1.21 bits per heavy atom. The Kier molecular flexibility index (Phi) is 3.95. The summed E-state index contributed by atoms with van der Waals surface area (Å²) in [7, 11) is 0. The van der Waals surface area contributed by atoms with Crippen molar-refractivity contribution in [2.75, 3.05) is 5.32 Å². The molecule has 1 aromatic rings. The van der Waals surface area contributed by atoms with E-state index in [9.17, 15) is 4.79 Å². The zero-order chi connectivity index (χ0) is 16.9. The van der Waals surface area contributed by atoms with Gasteiger partial charge >= 0.3 is 0 Å². The highest BCUT2D eigenvalue weighted by Gasteiger charge is 2.60. The minimum Gasteiger partial charge on any atom is -0.326 e. The molecule has 5 atom stereocenters. The Labute approximate surface area is 150 Å². The fraction of sp³-hybridized carbons (Fsp3) is 0.667. The normalized spacial score (nSPS) is 38.1. The summed E-state index contributed by atoms with van der Waals surface area (Å²) in [5, 5.41) is 3.20. The van der Waals surface area contributed by atoms with E-state index in [4.69, 9.17) is 11.6 Å². The quantitative estimate of drug-likeness (QED) is 0.695. The molecule has 1 amide bonds. The highest BCUT2D eigenvalue weighted by Crippen LogP contribution is 2.64. The number of carbonyl (C=O) groups is 1. The maximum atomic E-state index is 13.1. The monoisotopic (exact) mass is 345 g/mol. The van der Waals surface area contributed by atoms with E-state index in [1.807, 2.05) is 0 Å². The van der Waals surface area contributed by atoms with E-state index in [1.165, 1.54) is 12.0 Å². The number of nitrogens with one attached hydrogen (secondary N) is 1. The third-order valence-corrected chi connectivity index (χ3v) is 7.26. The lowest BCUT2D eigenvalue weighted by atomic mass is 9.49. The molecule has 130 valence electrons. The highest BCUT2D eigenvalue weighted by molar-refractivity contribution is 6.24. The van der Waals surface area contributed by atoms with E-state index in [2.05, 4.69) is 43.4 Å². The summed E-state index contributed by atoms with van der Waals surface area (Å²) in [6, 6.07) is 8.39. The average molecular weight is 346 g/mol. The van der Waals surface area contributed by atoms with Crippen LogP contribution in [0.5, 0.6) is 0 Å². The first-order chi connectivity index (χ1) is 11.4. The van der Waals surface area contributed by atoms with E-state index in [0.29, 0.717) is 17.8 Å². The molecular formula is C21H28ClNO. The van der Waals surface area contributed by atoms with E-state index < -0.39 is 0 Å². The standard InChI is InChI=1S/C21H28ClNO/c1-3-14(2)17-4-6-18(7-5-17)23-19(24)20-9-15-8-16(10-20)12-21(22,11-15)13-20/h4-7,14-16H,3,8-13H2,1-2H3,(H,23,24)/t14-,15-,16+,20?,21?/m1/s1. The predicted octanol–water partition coefficient (Wildman–Crippen LogP) is 5.72. The second-order valence-electron chi connectivity index (χ2n) is 8.78. The first-order valence-electron chi connectivity index (χ1n) is 9.52. The SMILES string of the molecule is CC[C@@H](C)c1ccc(NC(=O)C23C[C@@H]4C[C@@H](CC(Cl)(C4)C2)C3)cc1. The minimum atomic E-state index is -0.221. The Morgan fingerprint density at radius 3 is 2.38 bits per heavy atom. The van der Waals surface area contributed by atoms with Crippen LogP contribution < -0.4 is 5.32 Å². The van der Waals surface area contributed by atoms with E-state index in [1.54, 1.807) is 0 Å². The molecule has 1 N–H and O–H groups in total. The number of carbonyl (C=O) groups excluding carboxylic acids is 1. The van der Waals surface area contributed by atoms with Gasteiger partial charge in [0.1, 0.15) is 0 Å². The van der Waals surface area contributed by atoms with Crippen molar-refractivity contribution in [3.63, 3.8) is 0 Å². The molecule has 4 saturated carbocycles. The molecule has 4 aliphatic carbocycles. The average Bonchev–Trinajstić information content (AvgIpc) is 2.52. The van der Waals surface area contributed by atoms with Crippen molar-refractivity contribution in [3.8, 4) is 0 Å². The lowest BCUT2D eigenvalue weighted by Crippen LogP contribution is -2.57. The number of rotatable bonds is 4. The van der Waals surface area contributed by atoms with Gasteiger partial charge in [-0.15, -0.1) is 11.6 Å². The molecule has 5 rings (SSSR count). The largest absolute Gasteiger partial charge is 0.326 e. The zero-order valence-electron chi connectivity index (χ0n) is 14.8. The maximum absolute atomic E-state index is 13.1. The summed E-state index contributed by atoms with van der Waals surface area (Å²) < 4.78 is 0. The third-order valence-electron chi connectivity index (χ3n) is 6.82. The van der Waals surface area contributed by atoms with Gasteiger partial charge in [-0.05, 0) is 80.4 Å². The van der Waals surface area contributed by atoms with Crippen LogP contribution in [0.3, 0.4) is 0 Å². The number of halogens is 1. The van der Waals surface area contributed by atoms with Crippen LogP contribution in [0, 0.1) is 17.3 Å². The molecule has 4 aliphatic rings.